The molecule has 0 atom stereocenters. The molecule has 0 aromatic heterocycles. The molecular formula is C24H40O2. The maximum atomic E-state index is 11.1. The average molecular weight is 361 g/mol. The first-order valence-electron chi connectivity index (χ1n) is 10.6. The van der Waals surface area contributed by atoms with Crippen LogP contribution in [-0.4, -0.2) is 16.5 Å². The van der Waals surface area contributed by atoms with E-state index in [1.807, 2.05) is 0 Å². The number of carbonyl (C=O) groups excluding carboxylic acids is 1. The molecule has 148 valence electrons. The second-order valence-electron chi connectivity index (χ2n) is 8.25. The molecule has 0 radical (unpaired) electrons. The largest absolute Gasteiger partial charge is 0.390 e. The summed E-state index contributed by atoms with van der Waals surface area (Å²) in [5, 5.41) is 10.1. The second-order valence-corrected chi connectivity index (χ2v) is 8.25. The number of ketones is 1. The monoisotopic (exact) mass is 360 g/mol. The number of aliphatic hydroxyl groups is 1. The van der Waals surface area contributed by atoms with Gasteiger partial charge in [0.2, 0.25) is 0 Å². The number of benzene rings is 1. The molecule has 2 aliphatic carbocycles. The molecule has 2 aliphatic rings. The SMILES string of the molecule is CCC.CCCC1(O)CCC(C(C)=O)CC1.Cc1ccc(C2CC2)cc1. The molecule has 0 saturated heterocycles. The van der Waals surface area contributed by atoms with Crippen molar-refractivity contribution < 1.29 is 9.90 Å². The Balaban J connectivity index is 0.000000231. The van der Waals surface area contributed by atoms with Crippen molar-refractivity contribution in [3.05, 3.63) is 35.4 Å². The van der Waals surface area contributed by atoms with Crippen LogP contribution in [0.25, 0.3) is 0 Å². The van der Waals surface area contributed by atoms with Crippen molar-refractivity contribution in [3.63, 3.8) is 0 Å². The minimum Gasteiger partial charge on any atom is -0.390 e. The van der Waals surface area contributed by atoms with Gasteiger partial charge in [0.1, 0.15) is 5.78 Å². The lowest BCUT2D eigenvalue weighted by Gasteiger charge is -2.35. The first-order valence-corrected chi connectivity index (χ1v) is 10.6. The highest BCUT2D eigenvalue weighted by molar-refractivity contribution is 5.78. The molecule has 2 saturated carbocycles. The first-order chi connectivity index (χ1) is 12.3. The first kappa shape index (κ1) is 22.9. The molecule has 3 rings (SSSR count). The smallest absolute Gasteiger partial charge is 0.132 e. The molecule has 2 fully saturated rings. The summed E-state index contributed by atoms with van der Waals surface area (Å²) in [5.41, 5.74) is 2.44. The zero-order chi connectivity index (χ0) is 19.6. The summed E-state index contributed by atoms with van der Waals surface area (Å²) in [6.07, 6.45) is 9.36. The molecule has 0 amide bonds. The van der Waals surface area contributed by atoms with Crippen LogP contribution in [0.2, 0.25) is 0 Å². The molecule has 1 N–H and O–H groups in total. The Kier molecular flexibility index (Phi) is 10.2. The fraction of sp³-hybridized carbons (Fsp3) is 0.708. The number of rotatable bonds is 4. The van der Waals surface area contributed by atoms with Crippen LogP contribution in [0, 0.1) is 12.8 Å². The quantitative estimate of drug-likeness (QED) is 0.658. The summed E-state index contributed by atoms with van der Waals surface area (Å²) < 4.78 is 0. The van der Waals surface area contributed by atoms with E-state index in [4.69, 9.17) is 0 Å². The Morgan fingerprint density at radius 2 is 1.54 bits per heavy atom. The molecule has 1 aromatic rings. The van der Waals surface area contributed by atoms with Gasteiger partial charge in [0, 0.05) is 5.92 Å². The summed E-state index contributed by atoms with van der Waals surface area (Å²) in [6.45, 7) is 10.1. The molecule has 0 heterocycles. The third-order valence-electron chi connectivity index (χ3n) is 5.33. The van der Waals surface area contributed by atoms with E-state index in [-0.39, 0.29) is 5.92 Å². The van der Waals surface area contributed by atoms with E-state index in [9.17, 15) is 9.90 Å². The van der Waals surface area contributed by atoms with E-state index in [1.54, 1.807) is 6.92 Å². The van der Waals surface area contributed by atoms with Gasteiger partial charge in [-0.2, -0.15) is 0 Å². The molecule has 0 aliphatic heterocycles. The zero-order valence-electron chi connectivity index (χ0n) is 17.7. The Morgan fingerprint density at radius 1 is 1.04 bits per heavy atom. The van der Waals surface area contributed by atoms with E-state index in [0.29, 0.717) is 5.78 Å². The lowest BCUT2D eigenvalue weighted by Crippen LogP contribution is -2.35. The number of hydrogen-bond acceptors (Lipinski definition) is 2. The van der Waals surface area contributed by atoms with Crippen molar-refractivity contribution in [2.24, 2.45) is 5.92 Å². The number of carbonyl (C=O) groups is 1. The number of aryl methyl sites for hydroxylation is 1. The van der Waals surface area contributed by atoms with Gasteiger partial charge in [-0.3, -0.25) is 4.79 Å². The molecular weight excluding hydrogens is 320 g/mol. The van der Waals surface area contributed by atoms with Gasteiger partial charge in [-0.1, -0.05) is 63.4 Å². The minimum atomic E-state index is -0.458. The fourth-order valence-electron chi connectivity index (χ4n) is 3.53. The zero-order valence-corrected chi connectivity index (χ0v) is 17.7. The summed E-state index contributed by atoms with van der Waals surface area (Å²) in [4.78, 5) is 11.1. The van der Waals surface area contributed by atoms with Crippen LogP contribution < -0.4 is 0 Å². The van der Waals surface area contributed by atoms with E-state index in [1.165, 1.54) is 30.4 Å². The van der Waals surface area contributed by atoms with Crippen molar-refractivity contribution in [1.82, 2.24) is 0 Å². The standard InChI is InChI=1S/C11H20O2.C10H12.C3H8/c1-3-6-11(13)7-4-10(5-8-11)9(2)12;1-8-2-4-9(5-3-8)10-6-7-10;1-3-2/h10,13H,3-8H2,1-2H3;2-5,10H,6-7H2,1H3;3H2,1-2H3. The van der Waals surface area contributed by atoms with Gasteiger partial charge in [-0.25, -0.2) is 0 Å². The highest BCUT2D eigenvalue weighted by atomic mass is 16.3. The fourth-order valence-corrected chi connectivity index (χ4v) is 3.53. The predicted octanol–water partition coefficient (Wildman–Crippen LogP) is 6.59. The van der Waals surface area contributed by atoms with Crippen molar-refractivity contribution in [1.29, 1.82) is 0 Å². The van der Waals surface area contributed by atoms with Gasteiger partial charge in [-0.15, -0.1) is 0 Å². The summed E-state index contributed by atoms with van der Waals surface area (Å²) in [7, 11) is 0. The lowest BCUT2D eigenvalue weighted by molar-refractivity contribution is -0.123. The Morgan fingerprint density at radius 3 is 1.92 bits per heavy atom. The molecule has 0 unspecified atom stereocenters. The predicted molar refractivity (Wildman–Crippen MR) is 112 cm³/mol. The van der Waals surface area contributed by atoms with E-state index >= 15 is 0 Å². The number of Topliss-reactive ketones (excluding diaryl/α,β-unsaturated/α-hetero) is 1. The second kappa shape index (κ2) is 11.5. The average Bonchev–Trinajstić information content (AvgIpc) is 3.42. The minimum absolute atomic E-state index is 0.220. The van der Waals surface area contributed by atoms with Gasteiger partial charge < -0.3 is 5.11 Å². The molecule has 2 heteroatoms. The van der Waals surface area contributed by atoms with Crippen molar-refractivity contribution in [3.8, 4) is 0 Å². The van der Waals surface area contributed by atoms with Crippen LogP contribution in [-0.2, 0) is 4.79 Å². The molecule has 26 heavy (non-hydrogen) atoms. The van der Waals surface area contributed by atoms with Crippen LogP contribution in [0.15, 0.2) is 24.3 Å². The van der Waals surface area contributed by atoms with E-state index in [2.05, 4.69) is 52.0 Å². The highest BCUT2D eigenvalue weighted by Gasteiger charge is 2.33. The van der Waals surface area contributed by atoms with Crippen molar-refractivity contribution >= 4 is 5.78 Å². The van der Waals surface area contributed by atoms with Crippen LogP contribution in [0.3, 0.4) is 0 Å². The summed E-state index contributed by atoms with van der Waals surface area (Å²) in [6, 6.07) is 8.92. The van der Waals surface area contributed by atoms with Gasteiger partial charge in [-0.05, 0) is 70.3 Å². The van der Waals surface area contributed by atoms with Gasteiger partial charge in [0.25, 0.3) is 0 Å². The maximum Gasteiger partial charge on any atom is 0.132 e. The van der Waals surface area contributed by atoms with Gasteiger partial charge in [0.05, 0.1) is 5.60 Å². The normalized spacial score (nSPS) is 24.6. The third-order valence-corrected chi connectivity index (χ3v) is 5.33. The van der Waals surface area contributed by atoms with Crippen molar-refractivity contribution in [2.45, 2.75) is 104 Å². The van der Waals surface area contributed by atoms with Gasteiger partial charge >= 0.3 is 0 Å². The lowest BCUT2D eigenvalue weighted by atomic mass is 9.75. The van der Waals surface area contributed by atoms with E-state index in [0.717, 1.165) is 44.4 Å². The highest BCUT2D eigenvalue weighted by Crippen LogP contribution is 2.39. The van der Waals surface area contributed by atoms with E-state index < -0.39 is 5.60 Å². The topological polar surface area (TPSA) is 37.3 Å². The molecule has 0 bridgehead atoms. The van der Waals surface area contributed by atoms with Crippen molar-refractivity contribution in [2.75, 3.05) is 0 Å². The van der Waals surface area contributed by atoms with Crippen LogP contribution >= 0.6 is 0 Å². The maximum absolute atomic E-state index is 11.1. The van der Waals surface area contributed by atoms with Crippen LogP contribution in [0.4, 0.5) is 0 Å². The molecule has 0 spiro atoms. The Hall–Kier alpha value is -1.15. The Labute approximate surface area is 161 Å². The molecule has 1 aromatic carbocycles. The summed E-state index contributed by atoms with van der Waals surface area (Å²) >= 11 is 0. The van der Waals surface area contributed by atoms with Crippen LogP contribution in [0.5, 0.6) is 0 Å². The third kappa shape index (κ3) is 8.49. The summed E-state index contributed by atoms with van der Waals surface area (Å²) in [5.74, 6) is 1.41. The Bertz CT molecular complexity index is 506. The van der Waals surface area contributed by atoms with Gasteiger partial charge in [0.15, 0.2) is 0 Å². The number of hydrogen-bond donors (Lipinski definition) is 1. The van der Waals surface area contributed by atoms with Crippen LogP contribution in [0.1, 0.15) is 103 Å². The molecule has 2 nitrogen and oxygen atoms in total.